The highest BCUT2D eigenvalue weighted by Gasteiger charge is 2.27. The Bertz CT molecular complexity index is 1830. The molecule has 1 atom stereocenters. The average molecular weight is 673 g/mol. The molecule has 7 heteroatoms. The molecule has 50 heavy (non-hydrogen) atoms. The van der Waals surface area contributed by atoms with E-state index in [-0.39, 0.29) is 30.2 Å². The van der Waals surface area contributed by atoms with Gasteiger partial charge < -0.3 is 18.9 Å². The zero-order valence-corrected chi connectivity index (χ0v) is 29.0. The van der Waals surface area contributed by atoms with Gasteiger partial charge in [-0.05, 0) is 104 Å². The molecule has 3 aromatic rings. The SMILES string of the molecule is C=C(C)C(=O)Oc1ccc(C2C=CC(C3CCC(OC(=O)C(=C)C)CC3)=CC2)cc1-c1ccc(-c2ccc(OC(=O)C(=C)COC)cc2)cc1. The summed E-state index contributed by atoms with van der Waals surface area (Å²) in [6.07, 6.45) is 11.4. The van der Waals surface area contributed by atoms with Gasteiger partial charge in [0.2, 0.25) is 0 Å². The summed E-state index contributed by atoms with van der Waals surface area (Å²) < 4.78 is 21.7. The highest BCUT2D eigenvalue weighted by Crippen LogP contribution is 2.39. The number of ether oxygens (including phenoxy) is 4. The minimum atomic E-state index is -0.530. The van der Waals surface area contributed by atoms with Gasteiger partial charge in [0.05, 0.1) is 12.2 Å². The number of methoxy groups -OCH3 is 1. The van der Waals surface area contributed by atoms with Gasteiger partial charge in [0.15, 0.2) is 0 Å². The predicted molar refractivity (Wildman–Crippen MR) is 196 cm³/mol. The molecule has 2 aliphatic rings. The second-order valence-electron chi connectivity index (χ2n) is 13.0. The minimum absolute atomic E-state index is 0.0361. The van der Waals surface area contributed by atoms with Crippen molar-refractivity contribution in [3.8, 4) is 33.8 Å². The van der Waals surface area contributed by atoms with Crippen LogP contribution in [0.25, 0.3) is 22.3 Å². The fourth-order valence-electron chi connectivity index (χ4n) is 6.20. The summed E-state index contributed by atoms with van der Waals surface area (Å²) >= 11 is 0. The van der Waals surface area contributed by atoms with Gasteiger partial charge in [-0.2, -0.15) is 0 Å². The maximum Gasteiger partial charge on any atom is 0.341 e. The van der Waals surface area contributed by atoms with Gasteiger partial charge in [-0.1, -0.05) is 80.4 Å². The Hall–Kier alpha value is -5.27. The van der Waals surface area contributed by atoms with Crippen LogP contribution in [0.15, 0.2) is 127 Å². The summed E-state index contributed by atoms with van der Waals surface area (Å²) in [6.45, 7) is 14.5. The molecule has 7 nitrogen and oxygen atoms in total. The molecular formula is C43H44O7. The van der Waals surface area contributed by atoms with Crippen molar-refractivity contribution in [2.45, 2.75) is 58.0 Å². The maximum absolute atomic E-state index is 12.6. The van der Waals surface area contributed by atoms with Gasteiger partial charge in [-0.3, -0.25) is 0 Å². The van der Waals surface area contributed by atoms with E-state index in [2.05, 4.69) is 44.0 Å². The zero-order chi connectivity index (χ0) is 35.8. The van der Waals surface area contributed by atoms with Gasteiger partial charge in [0.25, 0.3) is 0 Å². The number of rotatable bonds is 12. The molecule has 0 aliphatic heterocycles. The van der Waals surface area contributed by atoms with Gasteiger partial charge in [-0.25, -0.2) is 14.4 Å². The van der Waals surface area contributed by atoms with Crippen LogP contribution in [0.5, 0.6) is 11.5 Å². The van der Waals surface area contributed by atoms with Gasteiger partial charge in [0.1, 0.15) is 17.6 Å². The molecule has 1 fully saturated rings. The highest BCUT2D eigenvalue weighted by atomic mass is 16.5. The molecule has 2 aliphatic carbocycles. The molecule has 0 spiro atoms. The number of allylic oxidation sites excluding steroid dienone is 4. The van der Waals surface area contributed by atoms with E-state index in [1.807, 2.05) is 48.5 Å². The Balaban J connectivity index is 1.29. The standard InChI is InChI=1S/C43H44O7/c1-27(2)41(44)48-37-20-15-32(16-21-37)30-7-9-34(10-8-30)36-19-24-40(50-42(45)28(3)4)39(25-36)35-13-11-31(12-14-35)33-17-22-38(23-18-33)49-43(46)29(5)26-47-6/h7-9,11-14,17-19,22-25,32,34,37H,1,3,5,10,15-16,20-21,26H2,2,4,6H3. The van der Waals surface area contributed by atoms with E-state index in [0.717, 1.165) is 59.9 Å². The van der Waals surface area contributed by atoms with Crippen molar-refractivity contribution in [3.63, 3.8) is 0 Å². The molecule has 0 radical (unpaired) electrons. The lowest BCUT2D eigenvalue weighted by atomic mass is 9.78. The summed E-state index contributed by atoms with van der Waals surface area (Å²) in [4.78, 5) is 36.7. The van der Waals surface area contributed by atoms with Crippen LogP contribution in [0.3, 0.4) is 0 Å². The van der Waals surface area contributed by atoms with E-state index in [1.165, 1.54) is 12.7 Å². The molecule has 5 rings (SSSR count). The molecule has 1 unspecified atom stereocenters. The topological polar surface area (TPSA) is 88.1 Å². The van der Waals surface area contributed by atoms with Crippen LogP contribution in [-0.2, 0) is 23.9 Å². The monoisotopic (exact) mass is 672 g/mol. The number of benzene rings is 3. The molecule has 0 N–H and O–H groups in total. The number of esters is 3. The van der Waals surface area contributed by atoms with Crippen molar-refractivity contribution in [1.82, 2.24) is 0 Å². The van der Waals surface area contributed by atoms with E-state index in [4.69, 9.17) is 18.9 Å². The first-order valence-electron chi connectivity index (χ1n) is 16.9. The van der Waals surface area contributed by atoms with E-state index >= 15 is 0 Å². The van der Waals surface area contributed by atoms with Crippen LogP contribution in [0.1, 0.15) is 57.4 Å². The fourth-order valence-corrected chi connectivity index (χ4v) is 6.20. The van der Waals surface area contributed by atoms with E-state index < -0.39 is 11.9 Å². The Kier molecular flexibility index (Phi) is 11.8. The average Bonchev–Trinajstić information content (AvgIpc) is 3.12. The first-order valence-corrected chi connectivity index (χ1v) is 16.9. The Morgan fingerprint density at radius 2 is 1.36 bits per heavy atom. The van der Waals surface area contributed by atoms with Gasteiger partial charge in [-0.15, -0.1) is 0 Å². The summed E-state index contributed by atoms with van der Waals surface area (Å²) in [7, 11) is 1.49. The van der Waals surface area contributed by atoms with Crippen LogP contribution in [0, 0.1) is 5.92 Å². The summed E-state index contributed by atoms with van der Waals surface area (Å²) in [5, 5.41) is 0. The van der Waals surface area contributed by atoms with Crippen molar-refractivity contribution in [3.05, 3.63) is 133 Å². The summed E-state index contributed by atoms with van der Waals surface area (Å²) in [5.41, 5.74) is 7.11. The van der Waals surface area contributed by atoms with Crippen molar-refractivity contribution >= 4 is 17.9 Å². The Labute approximate surface area is 294 Å². The number of carbonyl (C=O) groups excluding carboxylic acids is 3. The number of carbonyl (C=O) groups is 3. The lowest BCUT2D eigenvalue weighted by Crippen LogP contribution is -2.25. The molecule has 1 saturated carbocycles. The molecule has 0 heterocycles. The number of hydrogen-bond donors (Lipinski definition) is 0. The molecule has 0 aromatic heterocycles. The smallest absolute Gasteiger partial charge is 0.341 e. The largest absolute Gasteiger partial charge is 0.459 e. The van der Waals surface area contributed by atoms with E-state index in [9.17, 15) is 14.4 Å². The minimum Gasteiger partial charge on any atom is -0.459 e. The highest BCUT2D eigenvalue weighted by molar-refractivity contribution is 5.91. The van der Waals surface area contributed by atoms with Crippen LogP contribution >= 0.6 is 0 Å². The second-order valence-corrected chi connectivity index (χ2v) is 13.0. The van der Waals surface area contributed by atoms with Crippen LogP contribution in [0.2, 0.25) is 0 Å². The molecule has 3 aromatic carbocycles. The predicted octanol–water partition coefficient (Wildman–Crippen LogP) is 9.26. The molecule has 0 bridgehead atoms. The van der Waals surface area contributed by atoms with Crippen molar-refractivity contribution < 1.29 is 33.3 Å². The third-order valence-electron chi connectivity index (χ3n) is 9.08. The third kappa shape index (κ3) is 9.04. The van der Waals surface area contributed by atoms with E-state index in [0.29, 0.717) is 28.6 Å². The Morgan fingerprint density at radius 3 is 1.94 bits per heavy atom. The first kappa shape index (κ1) is 36.0. The summed E-state index contributed by atoms with van der Waals surface area (Å²) in [6, 6.07) is 21.3. The molecule has 0 amide bonds. The Morgan fingerprint density at radius 1 is 0.740 bits per heavy atom. The zero-order valence-electron chi connectivity index (χ0n) is 29.0. The van der Waals surface area contributed by atoms with Crippen LogP contribution in [0.4, 0.5) is 0 Å². The fraction of sp³-hybridized carbons (Fsp3) is 0.279. The van der Waals surface area contributed by atoms with Gasteiger partial charge in [0, 0.05) is 29.7 Å². The summed E-state index contributed by atoms with van der Waals surface area (Å²) in [5.74, 6) is 0.207. The first-order chi connectivity index (χ1) is 24.0. The van der Waals surface area contributed by atoms with Crippen LogP contribution < -0.4 is 9.47 Å². The van der Waals surface area contributed by atoms with E-state index in [1.54, 1.807) is 26.0 Å². The second kappa shape index (κ2) is 16.4. The molecular weight excluding hydrogens is 628 g/mol. The van der Waals surface area contributed by atoms with Crippen LogP contribution in [-0.4, -0.2) is 37.7 Å². The van der Waals surface area contributed by atoms with Crippen molar-refractivity contribution in [2.75, 3.05) is 13.7 Å². The molecule has 0 saturated heterocycles. The number of hydrogen-bond acceptors (Lipinski definition) is 7. The quantitative estimate of drug-likeness (QED) is 0.108. The molecule has 258 valence electrons. The maximum atomic E-state index is 12.6. The lowest BCUT2D eigenvalue weighted by Gasteiger charge is -2.30. The lowest BCUT2D eigenvalue weighted by molar-refractivity contribution is -0.146. The third-order valence-corrected chi connectivity index (χ3v) is 9.08. The normalized spacial score (nSPS) is 18.4. The van der Waals surface area contributed by atoms with Crippen molar-refractivity contribution in [2.24, 2.45) is 5.92 Å². The van der Waals surface area contributed by atoms with Gasteiger partial charge >= 0.3 is 17.9 Å². The van der Waals surface area contributed by atoms with Crippen molar-refractivity contribution in [1.29, 1.82) is 0 Å².